The Morgan fingerprint density at radius 1 is 1.00 bits per heavy atom. The Morgan fingerprint density at radius 2 is 1.21 bits per heavy atom. The summed E-state index contributed by atoms with van der Waals surface area (Å²) in [5.74, 6) is -3.38. The quantitative estimate of drug-likeness (QED) is 0.546. The number of carboxylic acid groups (broad SMARTS) is 2. The molecule has 0 spiro atoms. The van der Waals surface area contributed by atoms with Gasteiger partial charge in [-0.3, -0.25) is 9.59 Å². The largest absolute Gasteiger partial charge is 2.00 e. The van der Waals surface area contributed by atoms with Crippen molar-refractivity contribution in [2.24, 2.45) is 17.3 Å². The SMILES string of the molecule is CC(C)C(C(=O)O)(C(=O)O)C(C)C.[H-].[H-].[Mg+2]. The monoisotopic (exact) mass is 214 g/mol. The molecule has 14 heavy (non-hydrogen) atoms. The molecule has 0 aromatic carbocycles. The summed E-state index contributed by atoms with van der Waals surface area (Å²) in [7, 11) is 0. The third kappa shape index (κ3) is 2.39. The van der Waals surface area contributed by atoms with E-state index < -0.39 is 29.2 Å². The molecule has 0 bridgehead atoms. The van der Waals surface area contributed by atoms with E-state index in [0.717, 1.165) is 0 Å². The standard InChI is InChI=1S/C9H16O4.Mg.2H/c1-5(2)9(6(3)4,7(10)11)8(12)13;;;/h5-6H,1-4H3,(H,10,11)(H,12,13);;;/q;+2;2*-1. The van der Waals surface area contributed by atoms with E-state index in [4.69, 9.17) is 10.2 Å². The Hall–Kier alpha value is -0.294. The number of rotatable bonds is 4. The van der Waals surface area contributed by atoms with Crippen LogP contribution < -0.4 is 0 Å². The number of hydrogen-bond acceptors (Lipinski definition) is 2. The Labute approximate surface area is 103 Å². The van der Waals surface area contributed by atoms with Crippen LogP contribution in [0.2, 0.25) is 0 Å². The van der Waals surface area contributed by atoms with Crippen LogP contribution in [-0.2, 0) is 9.59 Å². The maximum absolute atomic E-state index is 11.0. The van der Waals surface area contributed by atoms with Crippen molar-refractivity contribution in [3.05, 3.63) is 0 Å². The van der Waals surface area contributed by atoms with Crippen LogP contribution in [0.1, 0.15) is 30.5 Å². The van der Waals surface area contributed by atoms with Crippen molar-refractivity contribution in [2.75, 3.05) is 0 Å². The van der Waals surface area contributed by atoms with Gasteiger partial charge in [-0.05, 0) is 11.8 Å². The van der Waals surface area contributed by atoms with Crippen LogP contribution in [-0.4, -0.2) is 45.2 Å². The third-order valence-electron chi connectivity index (χ3n) is 2.53. The minimum atomic E-state index is -1.67. The molecule has 0 aliphatic rings. The van der Waals surface area contributed by atoms with E-state index in [0.29, 0.717) is 0 Å². The second kappa shape index (κ2) is 5.55. The molecule has 0 unspecified atom stereocenters. The zero-order chi connectivity index (χ0) is 10.8. The molecule has 0 atom stereocenters. The first-order valence-corrected chi connectivity index (χ1v) is 4.24. The molecule has 80 valence electrons. The second-order valence-corrected chi connectivity index (χ2v) is 3.79. The molecule has 0 radical (unpaired) electrons. The summed E-state index contributed by atoms with van der Waals surface area (Å²) < 4.78 is 0. The van der Waals surface area contributed by atoms with E-state index in [2.05, 4.69) is 0 Å². The smallest absolute Gasteiger partial charge is 1.00 e. The molecule has 5 heteroatoms. The molecule has 0 amide bonds. The summed E-state index contributed by atoms with van der Waals surface area (Å²) in [6, 6.07) is 0. The van der Waals surface area contributed by atoms with Gasteiger partial charge in [-0.1, -0.05) is 27.7 Å². The van der Waals surface area contributed by atoms with Crippen LogP contribution in [0, 0.1) is 17.3 Å². The average molecular weight is 215 g/mol. The first-order chi connectivity index (χ1) is 5.77. The Bertz CT molecular complexity index is 208. The Balaban J connectivity index is -0.000000240. The van der Waals surface area contributed by atoms with Gasteiger partial charge in [0, 0.05) is 0 Å². The summed E-state index contributed by atoms with van der Waals surface area (Å²) in [5, 5.41) is 17.9. The maximum Gasteiger partial charge on any atom is 2.00 e. The minimum Gasteiger partial charge on any atom is -1.00 e. The first-order valence-electron chi connectivity index (χ1n) is 4.24. The van der Waals surface area contributed by atoms with Crippen LogP contribution in [0.3, 0.4) is 0 Å². The van der Waals surface area contributed by atoms with Gasteiger partial charge in [0.25, 0.3) is 0 Å². The first kappa shape index (κ1) is 16.1. The fraction of sp³-hybridized carbons (Fsp3) is 0.778. The molecule has 0 aromatic heterocycles. The van der Waals surface area contributed by atoms with Gasteiger partial charge >= 0.3 is 35.0 Å². The molecule has 0 aromatic rings. The molecule has 0 aliphatic heterocycles. The van der Waals surface area contributed by atoms with Gasteiger partial charge in [-0.25, -0.2) is 0 Å². The molecule has 4 nitrogen and oxygen atoms in total. The molecular formula is C9H18MgO4. The molecule has 0 rings (SSSR count). The van der Waals surface area contributed by atoms with Gasteiger partial charge < -0.3 is 13.1 Å². The van der Waals surface area contributed by atoms with Gasteiger partial charge in [0.15, 0.2) is 5.41 Å². The molecule has 0 saturated heterocycles. The summed E-state index contributed by atoms with van der Waals surface area (Å²) in [4.78, 5) is 21.9. The zero-order valence-electron chi connectivity index (χ0n) is 11.1. The van der Waals surface area contributed by atoms with Crippen molar-refractivity contribution in [1.29, 1.82) is 0 Å². The van der Waals surface area contributed by atoms with Crippen molar-refractivity contribution < 1.29 is 22.7 Å². The van der Waals surface area contributed by atoms with Crippen molar-refractivity contribution >= 4 is 35.0 Å². The Morgan fingerprint density at radius 3 is 1.21 bits per heavy atom. The molecular weight excluding hydrogens is 196 g/mol. The molecule has 2 N–H and O–H groups in total. The van der Waals surface area contributed by atoms with Crippen LogP contribution in [0.25, 0.3) is 0 Å². The van der Waals surface area contributed by atoms with Gasteiger partial charge in [0.2, 0.25) is 0 Å². The van der Waals surface area contributed by atoms with Crippen molar-refractivity contribution in [2.45, 2.75) is 27.7 Å². The summed E-state index contributed by atoms with van der Waals surface area (Å²) >= 11 is 0. The van der Waals surface area contributed by atoms with Crippen LogP contribution in [0.15, 0.2) is 0 Å². The number of carbonyl (C=O) groups is 2. The number of hydrogen-bond donors (Lipinski definition) is 2. The van der Waals surface area contributed by atoms with Gasteiger partial charge in [0.05, 0.1) is 0 Å². The number of aliphatic carboxylic acids is 2. The minimum absolute atomic E-state index is 0. The van der Waals surface area contributed by atoms with E-state index in [9.17, 15) is 9.59 Å². The fourth-order valence-electron chi connectivity index (χ4n) is 1.75. The van der Waals surface area contributed by atoms with Gasteiger partial charge in [0.1, 0.15) is 0 Å². The van der Waals surface area contributed by atoms with Gasteiger partial charge in [-0.15, -0.1) is 0 Å². The normalized spacial score (nSPS) is 11.3. The number of carboxylic acids is 2. The molecule has 0 heterocycles. The molecule has 0 saturated carbocycles. The predicted molar refractivity (Wildman–Crippen MR) is 55.4 cm³/mol. The van der Waals surface area contributed by atoms with Crippen molar-refractivity contribution in [3.8, 4) is 0 Å². The average Bonchev–Trinajstić information content (AvgIpc) is 1.82. The second-order valence-electron chi connectivity index (χ2n) is 3.79. The maximum atomic E-state index is 11.0. The van der Waals surface area contributed by atoms with Crippen molar-refractivity contribution in [3.63, 3.8) is 0 Å². The van der Waals surface area contributed by atoms with Crippen LogP contribution in [0.5, 0.6) is 0 Å². The van der Waals surface area contributed by atoms with E-state index in [-0.39, 0.29) is 25.9 Å². The third-order valence-corrected chi connectivity index (χ3v) is 2.53. The molecule has 0 fully saturated rings. The van der Waals surface area contributed by atoms with Gasteiger partial charge in [-0.2, -0.15) is 0 Å². The zero-order valence-corrected chi connectivity index (χ0v) is 10.5. The van der Waals surface area contributed by atoms with E-state index >= 15 is 0 Å². The fourth-order valence-corrected chi connectivity index (χ4v) is 1.75. The van der Waals surface area contributed by atoms with Crippen LogP contribution >= 0.6 is 0 Å². The molecule has 0 aliphatic carbocycles. The summed E-state index contributed by atoms with van der Waals surface area (Å²) in [6.45, 7) is 6.45. The van der Waals surface area contributed by atoms with Crippen LogP contribution in [0.4, 0.5) is 0 Å². The Kier molecular flexibility index (Phi) is 6.41. The topological polar surface area (TPSA) is 74.6 Å². The van der Waals surface area contributed by atoms with E-state index in [1.165, 1.54) is 0 Å². The van der Waals surface area contributed by atoms with E-state index in [1.807, 2.05) is 0 Å². The predicted octanol–water partition coefficient (Wildman–Crippen LogP) is 1.30. The summed E-state index contributed by atoms with van der Waals surface area (Å²) in [6.07, 6.45) is 0. The van der Waals surface area contributed by atoms with E-state index in [1.54, 1.807) is 27.7 Å². The summed E-state index contributed by atoms with van der Waals surface area (Å²) in [5.41, 5.74) is -1.67. The van der Waals surface area contributed by atoms with Crippen molar-refractivity contribution in [1.82, 2.24) is 0 Å².